The molecule has 0 aliphatic rings. The monoisotopic (exact) mass is 332 g/mol. The highest BCUT2D eigenvalue weighted by Crippen LogP contribution is 2.35. The fourth-order valence-corrected chi connectivity index (χ4v) is 1.80. The molecule has 0 bridgehead atoms. The Morgan fingerprint density at radius 1 is 1.38 bits per heavy atom. The van der Waals surface area contributed by atoms with Crippen molar-refractivity contribution in [2.24, 2.45) is 0 Å². The Morgan fingerprint density at radius 3 is 2.44 bits per heavy atom. The maximum absolute atomic E-state index is 12.1. The lowest BCUT2D eigenvalue weighted by molar-refractivity contribution is -0.0500. The van der Waals surface area contributed by atoms with Crippen molar-refractivity contribution >= 4 is 44.9 Å². The Hall–Kier alpha value is -0.390. The number of ketones is 1. The molecule has 0 aliphatic heterocycles. The first-order valence-electron chi connectivity index (χ1n) is 3.99. The van der Waals surface area contributed by atoms with Gasteiger partial charge in [-0.3, -0.25) is 4.79 Å². The minimum Gasteiger partial charge on any atom is -0.432 e. The largest absolute Gasteiger partial charge is 0.432 e. The molecule has 0 spiro atoms. The first kappa shape index (κ1) is 13.7. The minimum absolute atomic E-state index is 0.0181. The normalized spacial score (nSPS) is 10.6. The van der Waals surface area contributed by atoms with Crippen LogP contribution in [0.15, 0.2) is 12.1 Å². The molecular formula is C9H5BrCl2F2O2. The average Bonchev–Trinajstić information content (AvgIpc) is 2.22. The third-order valence-corrected chi connectivity index (χ3v) is 2.79. The van der Waals surface area contributed by atoms with Gasteiger partial charge in [0.05, 0.1) is 20.9 Å². The maximum Gasteiger partial charge on any atom is 0.387 e. The highest BCUT2D eigenvalue weighted by Gasteiger charge is 2.21. The first-order valence-corrected chi connectivity index (χ1v) is 5.87. The van der Waals surface area contributed by atoms with E-state index in [0.717, 1.165) is 0 Å². The standard InChI is InChI=1S/C9H5BrCl2F2O2/c10-3-6(15)7-4(11)1-2-5(12)8(7)16-9(13)14/h1-2,9H,3H2. The van der Waals surface area contributed by atoms with E-state index in [1.54, 1.807) is 0 Å². The van der Waals surface area contributed by atoms with Crippen molar-refractivity contribution in [3.05, 3.63) is 27.7 Å². The van der Waals surface area contributed by atoms with Gasteiger partial charge in [-0.15, -0.1) is 0 Å². The van der Waals surface area contributed by atoms with Crippen LogP contribution in [0.25, 0.3) is 0 Å². The summed E-state index contributed by atoms with van der Waals surface area (Å²) >= 11 is 14.3. The third-order valence-electron chi connectivity index (χ3n) is 1.67. The van der Waals surface area contributed by atoms with Gasteiger partial charge in [0.25, 0.3) is 0 Å². The van der Waals surface area contributed by atoms with Crippen LogP contribution in [0.5, 0.6) is 5.75 Å². The van der Waals surface area contributed by atoms with Crippen LogP contribution in [-0.4, -0.2) is 17.7 Å². The van der Waals surface area contributed by atoms with Gasteiger partial charge in [0.2, 0.25) is 0 Å². The second-order valence-corrected chi connectivity index (χ2v) is 4.04. The third kappa shape index (κ3) is 3.06. The van der Waals surface area contributed by atoms with Gasteiger partial charge in [0.1, 0.15) is 0 Å². The van der Waals surface area contributed by atoms with Crippen molar-refractivity contribution in [2.45, 2.75) is 6.61 Å². The molecular weight excluding hydrogens is 329 g/mol. The summed E-state index contributed by atoms with van der Waals surface area (Å²) in [5.41, 5.74) is -0.147. The summed E-state index contributed by atoms with van der Waals surface area (Å²) in [6.07, 6.45) is 0. The van der Waals surface area contributed by atoms with E-state index in [1.165, 1.54) is 12.1 Å². The van der Waals surface area contributed by atoms with Crippen LogP contribution in [0, 0.1) is 0 Å². The average molecular weight is 334 g/mol. The van der Waals surface area contributed by atoms with Crippen LogP contribution in [0.2, 0.25) is 10.0 Å². The van der Waals surface area contributed by atoms with Crippen LogP contribution < -0.4 is 4.74 Å². The SMILES string of the molecule is O=C(CBr)c1c(Cl)ccc(Cl)c1OC(F)F. The van der Waals surface area contributed by atoms with E-state index in [-0.39, 0.29) is 20.9 Å². The summed E-state index contributed by atoms with van der Waals surface area (Å²) in [7, 11) is 0. The van der Waals surface area contributed by atoms with E-state index in [9.17, 15) is 13.6 Å². The van der Waals surface area contributed by atoms with Gasteiger partial charge in [-0.05, 0) is 12.1 Å². The molecule has 0 atom stereocenters. The topological polar surface area (TPSA) is 26.3 Å². The number of rotatable bonds is 4. The second kappa shape index (κ2) is 5.80. The van der Waals surface area contributed by atoms with Gasteiger partial charge in [-0.1, -0.05) is 39.1 Å². The summed E-state index contributed by atoms with van der Waals surface area (Å²) < 4.78 is 28.5. The van der Waals surface area contributed by atoms with Gasteiger partial charge in [0.15, 0.2) is 11.5 Å². The fraction of sp³-hybridized carbons (Fsp3) is 0.222. The summed E-state index contributed by atoms with van der Waals surface area (Å²) in [5, 5.41) is -0.134. The van der Waals surface area contributed by atoms with Crippen molar-refractivity contribution < 1.29 is 18.3 Å². The molecule has 0 saturated heterocycles. The smallest absolute Gasteiger partial charge is 0.387 e. The van der Waals surface area contributed by atoms with Crippen molar-refractivity contribution in [1.82, 2.24) is 0 Å². The number of halogens is 5. The molecule has 0 heterocycles. The minimum atomic E-state index is -3.07. The molecule has 1 rings (SSSR count). The van der Waals surface area contributed by atoms with Crippen molar-refractivity contribution in [3.8, 4) is 5.75 Å². The molecule has 1 aromatic carbocycles. The number of ether oxygens (including phenoxy) is 1. The molecule has 7 heteroatoms. The molecule has 88 valence electrons. The van der Waals surface area contributed by atoms with E-state index < -0.39 is 18.1 Å². The van der Waals surface area contributed by atoms with E-state index >= 15 is 0 Å². The Balaban J connectivity index is 3.31. The molecule has 2 nitrogen and oxygen atoms in total. The quantitative estimate of drug-likeness (QED) is 0.610. The van der Waals surface area contributed by atoms with E-state index in [4.69, 9.17) is 23.2 Å². The highest BCUT2D eigenvalue weighted by molar-refractivity contribution is 9.09. The Labute approximate surface area is 109 Å². The highest BCUT2D eigenvalue weighted by atomic mass is 79.9. The van der Waals surface area contributed by atoms with Crippen molar-refractivity contribution in [1.29, 1.82) is 0 Å². The van der Waals surface area contributed by atoms with Gasteiger partial charge in [-0.2, -0.15) is 8.78 Å². The van der Waals surface area contributed by atoms with Gasteiger partial charge in [-0.25, -0.2) is 0 Å². The fourth-order valence-electron chi connectivity index (χ4n) is 1.06. The number of hydrogen-bond donors (Lipinski definition) is 0. The Kier molecular flexibility index (Phi) is 4.95. The lowest BCUT2D eigenvalue weighted by atomic mass is 10.1. The number of alkyl halides is 3. The van der Waals surface area contributed by atoms with Crippen LogP contribution in [0.1, 0.15) is 10.4 Å². The lowest BCUT2D eigenvalue weighted by Crippen LogP contribution is -2.10. The molecule has 0 radical (unpaired) electrons. The molecule has 0 saturated carbocycles. The van der Waals surface area contributed by atoms with Crippen LogP contribution >= 0.6 is 39.1 Å². The number of hydrogen-bond acceptors (Lipinski definition) is 2. The van der Waals surface area contributed by atoms with E-state index in [2.05, 4.69) is 20.7 Å². The van der Waals surface area contributed by atoms with E-state index in [1.807, 2.05) is 0 Å². The Morgan fingerprint density at radius 2 is 1.94 bits per heavy atom. The summed E-state index contributed by atoms with van der Waals surface area (Å²) in [4.78, 5) is 11.5. The lowest BCUT2D eigenvalue weighted by Gasteiger charge is -2.12. The number of benzene rings is 1. The molecule has 0 aromatic heterocycles. The zero-order chi connectivity index (χ0) is 12.3. The number of carbonyl (C=O) groups is 1. The number of Topliss-reactive ketones (excluding diaryl/α,β-unsaturated/α-hetero) is 1. The molecule has 0 fully saturated rings. The second-order valence-electron chi connectivity index (χ2n) is 2.67. The Bertz CT molecular complexity index is 413. The molecule has 16 heavy (non-hydrogen) atoms. The molecule has 0 N–H and O–H groups in total. The maximum atomic E-state index is 12.1. The molecule has 0 amide bonds. The predicted molar refractivity (Wildman–Crippen MR) is 61.2 cm³/mol. The molecule has 0 aliphatic carbocycles. The molecule has 1 aromatic rings. The predicted octanol–water partition coefficient (Wildman–Crippen LogP) is 4.17. The van der Waals surface area contributed by atoms with Gasteiger partial charge < -0.3 is 4.74 Å². The number of carbonyl (C=O) groups excluding carboxylic acids is 1. The van der Waals surface area contributed by atoms with Crippen LogP contribution in [-0.2, 0) is 0 Å². The zero-order valence-corrected chi connectivity index (χ0v) is 10.7. The first-order chi connectivity index (χ1) is 7.47. The van der Waals surface area contributed by atoms with Gasteiger partial charge in [0, 0.05) is 0 Å². The van der Waals surface area contributed by atoms with Gasteiger partial charge >= 0.3 is 6.61 Å². The zero-order valence-electron chi connectivity index (χ0n) is 7.65. The summed E-state index contributed by atoms with van der Waals surface area (Å²) in [5.74, 6) is -0.878. The molecule has 0 unspecified atom stereocenters. The van der Waals surface area contributed by atoms with Crippen LogP contribution in [0.4, 0.5) is 8.78 Å². The van der Waals surface area contributed by atoms with E-state index in [0.29, 0.717) is 0 Å². The summed E-state index contributed by atoms with van der Waals surface area (Å²) in [6.45, 7) is -3.07. The van der Waals surface area contributed by atoms with Crippen LogP contribution in [0.3, 0.4) is 0 Å². The summed E-state index contributed by atoms with van der Waals surface area (Å²) in [6, 6.07) is 2.63. The van der Waals surface area contributed by atoms with Crippen molar-refractivity contribution in [2.75, 3.05) is 5.33 Å². The van der Waals surface area contributed by atoms with Crippen molar-refractivity contribution in [3.63, 3.8) is 0 Å².